The molecule has 0 aliphatic rings. The van der Waals surface area contributed by atoms with Crippen molar-refractivity contribution in [3.05, 3.63) is 31.8 Å². The smallest absolute Gasteiger partial charge is 0.252 e. The van der Waals surface area contributed by atoms with Gasteiger partial charge in [-0.15, -0.1) is 0 Å². The lowest BCUT2D eigenvalue weighted by Crippen LogP contribution is -2.34. The second-order valence-electron chi connectivity index (χ2n) is 3.24. The maximum absolute atomic E-state index is 11.9. The fraction of sp³-hybridized carbons (Fsp3) is 0.364. The van der Waals surface area contributed by atoms with Crippen LogP contribution >= 0.6 is 38.5 Å². The molecule has 0 atom stereocenters. The van der Waals surface area contributed by atoms with Gasteiger partial charge in [0.1, 0.15) is 0 Å². The molecule has 1 amide bonds. The minimum atomic E-state index is -0.429. The quantitative estimate of drug-likeness (QED) is 0.595. The van der Waals surface area contributed by atoms with E-state index in [9.17, 15) is 4.79 Å². The Morgan fingerprint density at radius 1 is 1.47 bits per heavy atom. The van der Waals surface area contributed by atoms with Crippen molar-refractivity contribution in [1.82, 2.24) is 5.32 Å². The molecule has 1 rings (SSSR count). The molecule has 0 radical (unpaired) electrons. The van der Waals surface area contributed by atoms with Gasteiger partial charge < -0.3 is 14.8 Å². The topological polar surface area (TPSA) is 47.6 Å². The molecule has 0 saturated heterocycles. The second-order valence-corrected chi connectivity index (χ2v) is 5.34. The standard InChI is InChI=1S/C11H13BrINO3/c1-16-10(17-2)6-14-11(15)8-4-3-7(13)5-9(8)12/h3-5,10H,6H2,1-2H3,(H,14,15). The highest BCUT2D eigenvalue weighted by Gasteiger charge is 2.12. The van der Waals surface area contributed by atoms with Crippen LogP contribution in [-0.2, 0) is 9.47 Å². The summed E-state index contributed by atoms with van der Waals surface area (Å²) < 4.78 is 11.8. The lowest BCUT2D eigenvalue weighted by Gasteiger charge is -2.14. The number of benzene rings is 1. The highest BCUT2D eigenvalue weighted by atomic mass is 127. The van der Waals surface area contributed by atoms with E-state index in [-0.39, 0.29) is 5.91 Å². The van der Waals surface area contributed by atoms with Crippen molar-refractivity contribution < 1.29 is 14.3 Å². The van der Waals surface area contributed by atoms with Gasteiger partial charge in [-0.25, -0.2) is 0 Å². The van der Waals surface area contributed by atoms with E-state index in [1.54, 1.807) is 6.07 Å². The Kier molecular flexibility index (Phi) is 6.39. The maximum Gasteiger partial charge on any atom is 0.252 e. The lowest BCUT2D eigenvalue weighted by molar-refractivity contribution is -0.0974. The zero-order valence-corrected chi connectivity index (χ0v) is 13.2. The zero-order valence-electron chi connectivity index (χ0n) is 9.50. The first-order valence-electron chi connectivity index (χ1n) is 4.87. The van der Waals surface area contributed by atoms with Gasteiger partial charge in [-0.1, -0.05) is 0 Å². The predicted molar refractivity (Wildman–Crippen MR) is 77.0 cm³/mol. The van der Waals surface area contributed by atoms with Crippen LogP contribution in [-0.4, -0.2) is 33.0 Å². The molecule has 0 fully saturated rings. The molecule has 4 nitrogen and oxygen atoms in total. The average Bonchev–Trinajstić information content (AvgIpc) is 2.30. The Hall–Kier alpha value is -0.180. The van der Waals surface area contributed by atoms with Gasteiger partial charge in [0, 0.05) is 22.3 Å². The van der Waals surface area contributed by atoms with E-state index in [0.717, 1.165) is 8.04 Å². The molecule has 0 saturated carbocycles. The van der Waals surface area contributed by atoms with Crippen molar-refractivity contribution in [3.8, 4) is 0 Å². The summed E-state index contributed by atoms with van der Waals surface area (Å²) in [6, 6.07) is 5.54. The van der Waals surface area contributed by atoms with Gasteiger partial charge in [-0.05, 0) is 56.7 Å². The van der Waals surface area contributed by atoms with E-state index in [0.29, 0.717) is 12.1 Å². The largest absolute Gasteiger partial charge is 0.354 e. The van der Waals surface area contributed by atoms with Crippen LogP contribution < -0.4 is 5.32 Å². The molecule has 0 unspecified atom stereocenters. The van der Waals surface area contributed by atoms with E-state index >= 15 is 0 Å². The second kappa shape index (κ2) is 7.30. The molecule has 0 heterocycles. The van der Waals surface area contributed by atoms with Crippen molar-refractivity contribution in [1.29, 1.82) is 0 Å². The molecule has 17 heavy (non-hydrogen) atoms. The van der Waals surface area contributed by atoms with Gasteiger partial charge >= 0.3 is 0 Å². The summed E-state index contributed by atoms with van der Waals surface area (Å²) in [6.07, 6.45) is -0.429. The summed E-state index contributed by atoms with van der Waals surface area (Å²) in [6.45, 7) is 0.310. The van der Waals surface area contributed by atoms with Crippen molar-refractivity contribution in [2.24, 2.45) is 0 Å². The minimum Gasteiger partial charge on any atom is -0.354 e. The van der Waals surface area contributed by atoms with Gasteiger partial charge in [0.15, 0.2) is 6.29 Å². The molecule has 6 heteroatoms. The third kappa shape index (κ3) is 4.53. The highest BCUT2D eigenvalue weighted by Crippen LogP contribution is 2.19. The van der Waals surface area contributed by atoms with Gasteiger partial charge in [0.05, 0.1) is 12.1 Å². The Bertz CT molecular complexity index is 396. The molecule has 0 aliphatic heterocycles. The van der Waals surface area contributed by atoms with Crippen molar-refractivity contribution >= 4 is 44.4 Å². The predicted octanol–water partition coefficient (Wildman–Crippen LogP) is 2.40. The van der Waals surface area contributed by atoms with Crippen LogP contribution in [0.15, 0.2) is 22.7 Å². The van der Waals surface area contributed by atoms with Crippen LogP contribution in [0.4, 0.5) is 0 Å². The molecular formula is C11H13BrINO3. The molecule has 1 aromatic rings. The fourth-order valence-corrected chi connectivity index (χ4v) is 2.69. The van der Waals surface area contributed by atoms with Crippen LogP contribution in [0.25, 0.3) is 0 Å². The number of amides is 1. The van der Waals surface area contributed by atoms with Crippen molar-refractivity contribution in [3.63, 3.8) is 0 Å². The molecular weight excluding hydrogens is 401 g/mol. The molecule has 0 aromatic heterocycles. The van der Waals surface area contributed by atoms with E-state index in [1.807, 2.05) is 12.1 Å². The Morgan fingerprint density at radius 2 is 2.12 bits per heavy atom. The van der Waals surface area contributed by atoms with Crippen molar-refractivity contribution in [2.75, 3.05) is 20.8 Å². The van der Waals surface area contributed by atoms with E-state index < -0.39 is 6.29 Å². The SMILES string of the molecule is COC(CNC(=O)c1ccc(I)cc1Br)OC. The lowest BCUT2D eigenvalue weighted by atomic mass is 10.2. The van der Waals surface area contributed by atoms with Crippen molar-refractivity contribution in [2.45, 2.75) is 6.29 Å². The summed E-state index contributed by atoms with van der Waals surface area (Å²) >= 11 is 5.55. The average molecular weight is 414 g/mol. The number of hydrogen-bond acceptors (Lipinski definition) is 3. The summed E-state index contributed by atoms with van der Waals surface area (Å²) in [5.74, 6) is -0.160. The highest BCUT2D eigenvalue weighted by molar-refractivity contribution is 14.1. The van der Waals surface area contributed by atoms with Crippen LogP contribution in [0, 0.1) is 3.57 Å². The van der Waals surface area contributed by atoms with E-state index in [2.05, 4.69) is 43.8 Å². The first-order valence-corrected chi connectivity index (χ1v) is 6.74. The number of halogens is 2. The Balaban J connectivity index is 2.64. The molecule has 0 spiro atoms. The number of hydrogen-bond donors (Lipinski definition) is 1. The third-order valence-electron chi connectivity index (χ3n) is 2.13. The van der Waals surface area contributed by atoms with Crippen LogP contribution in [0.2, 0.25) is 0 Å². The first kappa shape index (κ1) is 14.9. The number of methoxy groups -OCH3 is 2. The number of rotatable bonds is 5. The molecule has 1 N–H and O–H groups in total. The van der Waals surface area contributed by atoms with Gasteiger partial charge in [-0.2, -0.15) is 0 Å². The zero-order chi connectivity index (χ0) is 12.8. The molecule has 0 bridgehead atoms. The third-order valence-corrected chi connectivity index (χ3v) is 3.46. The number of nitrogens with one attached hydrogen (secondary N) is 1. The van der Waals surface area contributed by atoms with E-state index in [4.69, 9.17) is 9.47 Å². The number of carbonyl (C=O) groups is 1. The normalized spacial score (nSPS) is 10.6. The maximum atomic E-state index is 11.9. The Morgan fingerprint density at radius 3 is 2.65 bits per heavy atom. The van der Waals surface area contributed by atoms with Gasteiger partial charge in [0.2, 0.25) is 0 Å². The van der Waals surface area contributed by atoms with Gasteiger partial charge in [-0.3, -0.25) is 4.79 Å². The Labute approximate surface area is 122 Å². The molecule has 1 aromatic carbocycles. The summed E-state index contributed by atoms with van der Waals surface area (Å²) in [5.41, 5.74) is 0.594. The first-order chi connectivity index (χ1) is 8.08. The van der Waals surface area contributed by atoms with Crippen LogP contribution in [0.1, 0.15) is 10.4 Å². The van der Waals surface area contributed by atoms with Gasteiger partial charge in [0.25, 0.3) is 5.91 Å². The minimum absolute atomic E-state index is 0.160. The molecule has 94 valence electrons. The monoisotopic (exact) mass is 413 g/mol. The summed E-state index contributed by atoms with van der Waals surface area (Å²) in [7, 11) is 3.06. The summed E-state index contributed by atoms with van der Waals surface area (Å²) in [4.78, 5) is 11.9. The van der Waals surface area contributed by atoms with E-state index in [1.165, 1.54) is 14.2 Å². The number of carbonyl (C=O) groups excluding carboxylic acids is 1. The summed E-state index contributed by atoms with van der Waals surface area (Å²) in [5, 5.41) is 2.74. The van der Waals surface area contributed by atoms with Crippen LogP contribution in [0.3, 0.4) is 0 Å². The fourth-order valence-electron chi connectivity index (χ4n) is 1.21. The number of ether oxygens (including phenoxy) is 2. The van der Waals surface area contributed by atoms with Crippen LogP contribution in [0.5, 0.6) is 0 Å². The molecule has 0 aliphatic carbocycles.